The lowest BCUT2D eigenvalue weighted by molar-refractivity contribution is -0.103. The second kappa shape index (κ2) is 9.43. The third kappa shape index (κ3) is 4.15. The first kappa shape index (κ1) is 26.7. The van der Waals surface area contributed by atoms with Crippen LogP contribution in [0.15, 0.2) is 36.2 Å². The predicted octanol–water partition coefficient (Wildman–Crippen LogP) is 5.35. The summed E-state index contributed by atoms with van der Waals surface area (Å²) in [6, 6.07) is 6.14. The number of likely N-dealkylation sites (tertiary alicyclic amines) is 1. The third-order valence-corrected chi connectivity index (χ3v) is 10.7. The number of hydrogen-bond acceptors (Lipinski definition) is 8. The van der Waals surface area contributed by atoms with Crippen LogP contribution in [0, 0.1) is 30.0 Å². The zero-order valence-electron chi connectivity index (χ0n) is 23.8. The number of carbonyl (C=O) groups is 1. The van der Waals surface area contributed by atoms with E-state index >= 15 is 4.39 Å². The molecule has 2 aromatic heterocycles. The first-order valence-electron chi connectivity index (χ1n) is 14.2. The minimum atomic E-state index is -0.576. The molecule has 1 aromatic carbocycles. The van der Waals surface area contributed by atoms with Crippen LogP contribution in [0.4, 0.5) is 20.7 Å². The standard InChI is InChI=1S/C30H35FN5O4S/c1-5-29(8-9-29)40-28(37)35-12-20-25(21-13-38-15-30(20,21)14-35)39-27-24(31)26(33-16-34-27)36(3,4)22-7-6-19(10-18(22)2)23-11-32-17-41-23/h6-7,10-11,16-17,20-21,25H,5,8-9,12-15H2,1-4H3/q+1. The minimum absolute atomic E-state index is 0.0289. The number of benzene rings is 1. The maximum Gasteiger partial charge on any atom is 0.410 e. The van der Waals surface area contributed by atoms with Crippen LogP contribution in [0.3, 0.4) is 0 Å². The van der Waals surface area contributed by atoms with Crippen molar-refractivity contribution in [3.05, 3.63) is 47.6 Å². The van der Waals surface area contributed by atoms with Crippen LogP contribution in [0.5, 0.6) is 5.88 Å². The molecule has 2 aliphatic heterocycles. The Morgan fingerprint density at radius 3 is 2.80 bits per heavy atom. The topological polar surface area (TPSA) is 86.7 Å². The average molecular weight is 581 g/mol. The summed E-state index contributed by atoms with van der Waals surface area (Å²) in [5.41, 5.74) is 4.35. The molecular weight excluding hydrogens is 545 g/mol. The highest BCUT2D eigenvalue weighted by Gasteiger charge is 2.71. The number of nitrogens with zero attached hydrogens (tertiary/aromatic N) is 5. The molecule has 216 valence electrons. The third-order valence-electron chi connectivity index (χ3n) is 9.89. The molecule has 0 N–H and O–H groups in total. The molecule has 4 unspecified atom stereocenters. The molecular formula is C30H35FN5O4S+. The number of rotatable bonds is 7. The molecule has 1 spiro atoms. The van der Waals surface area contributed by atoms with Crippen LogP contribution in [-0.4, -0.2) is 78.0 Å². The van der Waals surface area contributed by atoms with E-state index in [4.69, 9.17) is 14.2 Å². The Labute approximate surface area is 242 Å². The van der Waals surface area contributed by atoms with Gasteiger partial charge in [0.05, 0.1) is 37.7 Å². The normalized spacial score (nSPS) is 27.6. The Kier molecular flexibility index (Phi) is 6.15. The fourth-order valence-electron chi connectivity index (χ4n) is 7.24. The molecule has 7 rings (SSSR count). The van der Waals surface area contributed by atoms with E-state index in [9.17, 15) is 4.79 Å². The molecule has 2 saturated heterocycles. The number of aryl methyl sites for hydroxylation is 1. The number of hydrogen-bond donors (Lipinski definition) is 0. The van der Waals surface area contributed by atoms with Crippen LogP contribution in [0.25, 0.3) is 10.4 Å². The summed E-state index contributed by atoms with van der Waals surface area (Å²) < 4.78 is 34.3. The second-order valence-electron chi connectivity index (χ2n) is 12.5. The highest BCUT2D eigenvalue weighted by Crippen LogP contribution is 2.61. The molecule has 3 aromatic rings. The van der Waals surface area contributed by atoms with E-state index in [-0.39, 0.29) is 51.2 Å². The SMILES string of the molecule is CCC1(OC(=O)N2CC3C(Oc4ncnc([N+](C)(C)c5ccc(-c6cncs6)cc5C)c4F)C4COCC43C2)CC1. The van der Waals surface area contributed by atoms with Crippen molar-refractivity contribution in [2.24, 2.45) is 17.3 Å². The van der Waals surface area contributed by atoms with Crippen molar-refractivity contribution in [3.63, 3.8) is 0 Å². The number of carbonyl (C=O) groups excluding carboxylic acids is 1. The van der Waals surface area contributed by atoms with Crippen molar-refractivity contribution in [2.75, 3.05) is 40.4 Å². The molecule has 11 heteroatoms. The Morgan fingerprint density at radius 1 is 1.27 bits per heavy atom. The van der Waals surface area contributed by atoms with E-state index in [1.54, 1.807) is 16.2 Å². The predicted molar refractivity (Wildman–Crippen MR) is 153 cm³/mol. The maximum atomic E-state index is 16.1. The molecule has 0 radical (unpaired) electrons. The van der Waals surface area contributed by atoms with Gasteiger partial charge in [0.1, 0.15) is 23.7 Å². The summed E-state index contributed by atoms with van der Waals surface area (Å²) in [6.07, 6.45) is 5.33. The number of quaternary nitrogens is 1. The summed E-state index contributed by atoms with van der Waals surface area (Å²) >= 11 is 1.58. The summed E-state index contributed by atoms with van der Waals surface area (Å²) in [5.74, 6) is -0.320. The molecule has 4 aliphatic rings. The highest BCUT2D eigenvalue weighted by molar-refractivity contribution is 7.13. The van der Waals surface area contributed by atoms with Crippen molar-refractivity contribution in [1.82, 2.24) is 24.3 Å². The molecule has 2 saturated carbocycles. The molecule has 9 nitrogen and oxygen atoms in total. The van der Waals surface area contributed by atoms with Gasteiger partial charge in [-0.2, -0.15) is 14.4 Å². The van der Waals surface area contributed by atoms with Gasteiger partial charge in [-0.25, -0.2) is 9.28 Å². The highest BCUT2D eigenvalue weighted by atomic mass is 32.1. The molecule has 1 amide bonds. The molecule has 4 fully saturated rings. The zero-order chi connectivity index (χ0) is 28.6. The van der Waals surface area contributed by atoms with Gasteiger partial charge >= 0.3 is 6.09 Å². The molecule has 41 heavy (non-hydrogen) atoms. The lowest BCUT2D eigenvalue weighted by Crippen LogP contribution is -2.61. The first-order valence-corrected chi connectivity index (χ1v) is 15.1. The monoisotopic (exact) mass is 580 g/mol. The van der Waals surface area contributed by atoms with Gasteiger partial charge in [0.25, 0.3) is 17.5 Å². The van der Waals surface area contributed by atoms with Crippen LogP contribution in [-0.2, 0) is 9.47 Å². The van der Waals surface area contributed by atoms with Gasteiger partial charge in [0.2, 0.25) is 0 Å². The van der Waals surface area contributed by atoms with Gasteiger partial charge in [-0.3, -0.25) is 4.98 Å². The van der Waals surface area contributed by atoms with Gasteiger partial charge in [-0.05, 0) is 43.9 Å². The lowest BCUT2D eigenvalue weighted by atomic mass is 9.54. The summed E-state index contributed by atoms with van der Waals surface area (Å²) in [4.78, 5) is 28.7. The fourth-order valence-corrected chi connectivity index (χ4v) is 7.86. The van der Waals surface area contributed by atoms with Crippen LogP contribution >= 0.6 is 11.3 Å². The van der Waals surface area contributed by atoms with Crippen molar-refractivity contribution < 1.29 is 23.4 Å². The van der Waals surface area contributed by atoms with E-state index in [0.29, 0.717) is 26.3 Å². The number of amides is 1. The van der Waals surface area contributed by atoms with E-state index in [0.717, 1.165) is 41.0 Å². The number of aromatic nitrogens is 3. The minimum Gasteiger partial charge on any atom is -0.471 e. The number of thiazole rings is 1. The number of halogens is 1. The van der Waals surface area contributed by atoms with Crippen molar-refractivity contribution in [3.8, 4) is 16.3 Å². The van der Waals surface area contributed by atoms with Gasteiger partial charge in [0.15, 0.2) is 0 Å². The Hall–Kier alpha value is -3.15. The van der Waals surface area contributed by atoms with Crippen LogP contribution in [0.2, 0.25) is 0 Å². The van der Waals surface area contributed by atoms with Gasteiger partial charge in [0, 0.05) is 48.2 Å². The van der Waals surface area contributed by atoms with Crippen molar-refractivity contribution >= 4 is 28.9 Å². The number of ether oxygens (including phenoxy) is 3. The lowest BCUT2D eigenvalue weighted by Gasteiger charge is -2.51. The molecule has 4 heterocycles. The van der Waals surface area contributed by atoms with Gasteiger partial charge < -0.3 is 19.1 Å². The Morgan fingerprint density at radius 2 is 2.10 bits per heavy atom. The fraction of sp³-hybridized carbons (Fsp3) is 0.533. The second-order valence-corrected chi connectivity index (χ2v) is 13.4. The average Bonchev–Trinajstić information content (AvgIpc) is 3.29. The van der Waals surface area contributed by atoms with Crippen LogP contribution < -0.4 is 9.22 Å². The molecule has 0 bridgehead atoms. The summed E-state index contributed by atoms with van der Waals surface area (Å²) in [7, 11) is 3.82. The Balaban J connectivity index is 1.12. The maximum absolute atomic E-state index is 16.1. The van der Waals surface area contributed by atoms with Crippen molar-refractivity contribution in [1.29, 1.82) is 0 Å². The smallest absolute Gasteiger partial charge is 0.410 e. The molecule has 4 atom stereocenters. The summed E-state index contributed by atoms with van der Waals surface area (Å²) in [6.45, 7) is 6.26. The first-order chi connectivity index (χ1) is 19.7. The van der Waals surface area contributed by atoms with E-state index in [1.165, 1.54) is 6.33 Å². The van der Waals surface area contributed by atoms with Crippen molar-refractivity contribution in [2.45, 2.75) is 44.8 Å². The van der Waals surface area contributed by atoms with Crippen LogP contribution in [0.1, 0.15) is 31.7 Å². The van der Waals surface area contributed by atoms with Gasteiger partial charge in [-0.15, -0.1) is 11.3 Å². The van der Waals surface area contributed by atoms with E-state index in [1.807, 2.05) is 44.9 Å². The van der Waals surface area contributed by atoms with E-state index < -0.39 is 5.82 Å². The quantitative estimate of drug-likeness (QED) is 0.348. The van der Waals surface area contributed by atoms with Gasteiger partial charge in [-0.1, -0.05) is 6.92 Å². The van der Waals surface area contributed by atoms with E-state index in [2.05, 4.69) is 27.9 Å². The Bertz CT molecular complexity index is 1500. The zero-order valence-corrected chi connectivity index (χ0v) is 24.6. The molecule has 2 aliphatic carbocycles. The summed E-state index contributed by atoms with van der Waals surface area (Å²) in [5, 5.41) is 0. The largest absolute Gasteiger partial charge is 0.471 e.